The van der Waals surface area contributed by atoms with Crippen LogP contribution < -0.4 is 0 Å². The molecule has 0 saturated carbocycles. The minimum absolute atomic E-state index is 0.0577. The molecule has 0 N–H and O–H groups in total. The minimum atomic E-state index is -3.91. The summed E-state index contributed by atoms with van der Waals surface area (Å²) in [6.07, 6.45) is 1.76. The number of ether oxygens (including phenoxy) is 1. The molecule has 1 aliphatic heterocycles. The van der Waals surface area contributed by atoms with Crippen molar-refractivity contribution >= 4 is 5.78 Å². The molecule has 1 aromatic rings. The fraction of sp³-hybridized carbons (Fsp3) is 0.250. The number of carbonyl (C=O) groups excluding carboxylic acids is 1. The largest absolute Gasteiger partial charge is 0.475 e. The Labute approximate surface area is 95.7 Å². The number of hydrogen-bond acceptors (Lipinski definition) is 2. The van der Waals surface area contributed by atoms with Crippen LogP contribution in [0.4, 0.5) is 13.2 Å². The van der Waals surface area contributed by atoms with Gasteiger partial charge in [0.1, 0.15) is 0 Å². The first-order valence-electron chi connectivity index (χ1n) is 4.93. The van der Waals surface area contributed by atoms with Crippen LogP contribution in [0, 0.1) is 0 Å². The number of ketones is 1. The Balaban J connectivity index is 2.58. The number of benzene rings is 1. The van der Waals surface area contributed by atoms with Gasteiger partial charge in [0.15, 0.2) is 6.67 Å². The van der Waals surface area contributed by atoms with Crippen molar-refractivity contribution in [3.63, 3.8) is 0 Å². The van der Waals surface area contributed by atoms with Gasteiger partial charge in [0.2, 0.25) is 5.78 Å². The molecule has 5 heteroatoms. The van der Waals surface area contributed by atoms with Gasteiger partial charge in [-0.3, -0.25) is 4.79 Å². The van der Waals surface area contributed by atoms with Crippen LogP contribution in [-0.4, -0.2) is 18.4 Å². The van der Waals surface area contributed by atoms with Crippen molar-refractivity contribution in [1.29, 1.82) is 0 Å². The molecular weight excluding hydrogens is 233 g/mol. The van der Waals surface area contributed by atoms with E-state index in [4.69, 9.17) is 4.74 Å². The van der Waals surface area contributed by atoms with Gasteiger partial charge >= 0.3 is 5.92 Å². The van der Waals surface area contributed by atoms with Gasteiger partial charge in [-0.25, -0.2) is 4.39 Å². The molecule has 1 aromatic carbocycles. The molecule has 0 amide bonds. The van der Waals surface area contributed by atoms with Crippen molar-refractivity contribution in [1.82, 2.24) is 0 Å². The summed E-state index contributed by atoms with van der Waals surface area (Å²) in [6, 6.07) is 7.21. The van der Waals surface area contributed by atoms with Gasteiger partial charge < -0.3 is 4.74 Å². The Morgan fingerprint density at radius 2 is 1.88 bits per heavy atom. The lowest BCUT2D eigenvalue weighted by atomic mass is 9.84. The van der Waals surface area contributed by atoms with E-state index in [1.54, 1.807) is 6.07 Å². The van der Waals surface area contributed by atoms with Crippen molar-refractivity contribution in [2.24, 2.45) is 0 Å². The van der Waals surface area contributed by atoms with Crippen molar-refractivity contribution in [3.8, 4) is 0 Å². The van der Waals surface area contributed by atoms with Crippen LogP contribution in [0.2, 0.25) is 0 Å². The molecule has 0 aromatic heterocycles. The topological polar surface area (TPSA) is 26.3 Å². The quantitative estimate of drug-likeness (QED) is 0.814. The fourth-order valence-electron chi connectivity index (χ4n) is 1.83. The van der Waals surface area contributed by atoms with Gasteiger partial charge in [-0.05, 0) is 0 Å². The zero-order valence-corrected chi connectivity index (χ0v) is 8.70. The average molecular weight is 242 g/mol. The van der Waals surface area contributed by atoms with Gasteiger partial charge in [-0.1, -0.05) is 30.3 Å². The van der Waals surface area contributed by atoms with E-state index in [1.807, 2.05) is 0 Å². The first-order valence-corrected chi connectivity index (χ1v) is 4.93. The van der Waals surface area contributed by atoms with Gasteiger partial charge in [-0.15, -0.1) is 0 Å². The summed E-state index contributed by atoms with van der Waals surface area (Å²) in [5, 5.41) is 0. The minimum Gasteiger partial charge on any atom is -0.475 e. The van der Waals surface area contributed by atoms with E-state index < -0.39 is 24.0 Å². The molecule has 0 saturated heterocycles. The second kappa shape index (κ2) is 3.91. The van der Waals surface area contributed by atoms with Crippen LogP contribution in [0.25, 0.3) is 0 Å². The molecule has 0 radical (unpaired) electrons. The highest BCUT2D eigenvalue weighted by Crippen LogP contribution is 2.45. The molecule has 2 rings (SSSR count). The molecule has 1 unspecified atom stereocenters. The summed E-state index contributed by atoms with van der Waals surface area (Å²) in [7, 11) is 0. The van der Waals surface area contributed by atoms with Crippen LogP contribution in [-0.2, 0) is 15.1 Å². The SMILES string of the molecule is O=C1C=COC1(c1ccccc1)C(F)(F)CF. The zero-order chi connectivity index (χ0) is 12.5. The molecular formula is C12H9F3O2. The molecule has 0 fully saturated rings. The van der Waals surface area contributed by atoms with Gasteiger partial charge in [-0.2, -0.15) is 8.78 Å². The fourth-order valence-corrected chi connectivity index (χ4v) is 1.83. The molecule has 2 nitrogen and oxygen atoms in total. The van der Waals surface area contributed by atoms with Gasteiger partial charge in [0.05, 0.1) is 6.26 Å². The maximum absolute atomic E-state index is 13.7. The maximum Gasteiger partial charge on any atom is 0.326 e. The van der Waals surface area contributed by atoms with Gasteiger partial charge in [0.25, 0.3) is 5.60 Å². The van der Waals surface area contributed by atoms with E-state index in [1.165, 1.54) is 24.3 Å². The highest BCUT2D eigenvalue weighted by Gasteiger charge is 2.63. The molecule has 0 aliphatic carbocycles. The molecule has 1 atom stereocenters. The van der Waals surface area contributed by atoms with Crippen LogP contribution in [0.3, 0.4) is 0 Å². The van der Waals surface area contributed by atoms with Crippen LogP contribution in [0.5, 0.6) is 0 Å². The van der Waals surface area contributed by atoms with E-state index >= 15 is 0 Å². The Hall–Kier alpha value is -1.78. The Bertz CT molecular complexity index is 456. The zero-order valence-electron chi connectivity index (χ0n) is 8.70. The smallest absolute Gasteiger partial charge is 0.326 e. The number of carbonyl (C=O) groups is 1. The summed E-state index contributed by atoms with van der Waals surface area (Å²) in [6.45, 7) is -1.96. The van der Waals surface area contributed by atoms with Crippen molar-refractivity contribution < 1.29 is 22.7 Å². The summed E-state index contributed by atoms with van der Waals surface area (Å²) < 4.78 is 44.7. The third-order valence-electron chi connectivity index (χ3n) is 2.67. The second-order valence-electron chi connectivity index (χ2n) is 3.67. The van der Waals surface area contributed by atoms with Crippen LogP contribution in [0.1, 0.15) is 5.56 Å². The van der Waals surface area contributed by atoms with E-state index in [9.17, 15) is 18.0 Å². The van der Waals surface area contributed by atoms with Crippen molar-refractivity contribution in [3.05, 3.63) is 48.2 Å². The number of halogens is 3. The normalized spacial score (nSPS) is 23.8. The van der Waals surface area contributed by atoms with E-state index in [2.05, 4.69) is 0 Å². The Morgan fingerprint density at radius 3 is 2.35 bits per heavy atom. The Kier molecular flexibility index (Phi) is 2.69. The predicted octanol–water partition coefficient (Wildman–Crippen LogP) is 2.60. The van der Waals surface area contributed by atoms with E-state index in [0.717, 1.165) is 12.3 Å². The predicted molar refractivity (Wildman–Crippen MR) is 54.3 cm³/mol. The lowest BCUT2D eigenvalue weighted by molar-refractivity contribution is -0.192. The van der Waals surface area contributed by atoms with Crippen LogP contribution >= 0.6 is 0 Å². The molecule has 1 heterocycles. The molecule has 0 spiro atoms. The highest BCUT2D eigenvalue weighted by atomic mass is 19.3. The first kappa shape index (κ1) is 11.7. The first-order chi connectivity index (χ1) is 8.04. The third-order valence-corrected chi connectivity index (χ3v) is 2.67. The summed E-state index contributed by atoms with van der Waals surface area (Å²) in [5.74, 6) is -4.86. The van der Waals surface area contributed by atoms with Gasteiger partial charge in [0, 0.05) is 11.6 Å². The Morgan fingerprint density at radius 1 is 1.24 bits per heavy atom. The van der Waals surface area contributed by atoms with Crippen molar-refractivity contribution in [2.45, 2.75) is 11.5 Å². The maximum atomic E-state index is 13.7. The molecule has 0 bridgehead atoms. The molecule has 1 aliphatic rings. The van der Waals surface area contributed by atoms with Crippen molar-refractivity contribution in [2.75, 3.05) is 6.67 Å². The third kappa shape index (κ3) is 1.53. The average Bonchev–Trinajstić information content (AvgIpc) is 2.74. The standard InChI is InChI=1S/C12H9F3O2/c13-8-11(14,15)12(10(16)6-7-17-12)9-4-2-1-3-5-9/h1-7H,8H2. The van der Waals surface area contributed by atoms with Crippen LogP contribution in [0.15, 0.2) is 42.7 Å². The van der Waals surface area contributed by atoms with E-state index in [-0.39, 0.29) is 5.56 Å². The molecule has 90 valence electrons. The van der Waals surface area contributed by atoms with E-state index in [0.29, 0.717) is 0 Å². The summed E-state index contributed by atoms with van der Waals surface area (Å²) in [4.78, 5) is 11.6. The second-order valence-corrected chi connectivity index (χ2v) is 3.67. The number of hydrogen-bond donors (Lipinski definition) is 0. The monoisotopic (exact) mass is 242 g/mol. The molecule has 17 heavy (non-hydrogen) atoms. The lowest BCUT2D eigenvalue weighted by Crippen LogP contribution is -2.51. The number of alkyl halides is 3. The number of rotatable bonds is 3. The lowest BCUT2D eigenvalue weighted by Gasteiger charge is -2.33. The summed E-state index contributed by atoms with van der Waals surface area (Å²) in [5.41, 5.74) is -2.62. The summed E-state index contributed by atoms with van der Waals surface area (Å²) >= 11 is 0. The highest BCUT2D eigenvalue weighted by molar-refractivity contribution is 6.00.